The Morgan fingerprint density at radius 1 is 1.14 bits per heavy atom. The summed E-state index contributed by atoms with van der Waals surface area (Å²) in [6.07, 6.45) is 12.4. The number of nitrogens with zero attached hydrogens (tertiary/aromatic N) is 2. The molecule has 0 saturated carbocycles. The van der Waals surface area contributed by atoms with E-state index in [-0.39, 0.29) is 0 Å². The molecular formula is C11H12N2S. The molecule has 1 aliphatic rings. The molecule has 0 aliphatic heterocycles. The Morgan fingerprint density at radius 3 is 2.57 bits per heavy atom. The van der Waals surface area contributed by atoms with Gasteiger partial charge in [0.05, 0.1) is 10.6 Å². The molecule has 14 heavy (non-hydrogen) atoms. The molecule has 72 valence electrons. The van der Waals surface area contributed by atoms with E-state index in [1.165, 1.54) is 10.6 Å². The number of hydrogen-bond acceptors (Lipinski definition) is 2. The van der Waals surface area contributed by atoms with E-state index in [2.05, 4.69) is 33.9 Å². The fraction of sp³-hybridized carbons (Fsp3) is 0.182. The Morgan fingerprint density at radius 2 is 1.86 bits per heavy atom. The van der Waals surface area contributed by atoms with Crippen molar-refractivity contribution in [2.24, 2.45) is 12.0 Å². The van der Waals surface area contributed by atoms with E-state index in [1.807, 2.05) is 26.2 Å². The lowest BCUT2D eigenvalue weighted by Crippen LogP contribution is -2.10. The standard InChI is InChI=1S/C11H12N2S/c1-12-11-13(2)9-7-5-3-4-6-8-10(9)14-11/h3-8H,1-2H3. The maximum Gasteiger partial charge on any atom is 0.185 e. The van der Waals surface area contributed by atoms with Gasteiger partial charge in [0, 0.05) is 14.1 Å². The van der Waals surface area contributed by atoms with Crippen LogP contribution in [0.4, 0.5) is 0 Å². The fourth-order valence-corrected chi connectivity index (χ4v) is 2.39. The fourth-order valence-electron chi connectivity index (χ4n) is 1.41. The third kappa shape index (κ3) is 1.51. The normalized spacial score (nSPS) is 15.4. The molecule has 0 saturated heterocycles. The van der Waals surface area contributed by atoms with Gasteiger partial charge >= 0.3 is 0 Å². The van der Waals surface area contributed by atoms with Crippen molar-refractivity contribution in [2.45, 2.75) is 0 Å². The minimum Gasteiger partial charge on any atom is -0.320 e. The molecule has 0 aromatic carbocycles. The monoisotopic (exact) mass is 204 g/mol. The SMILES string of the molecule is CN=c1sc2c(n1C)C=CC=CC=C2. The summed E-state index contributed by atoms with van der Waals surface area (Å²) in [6, 6.07) is 0. The highest BCUT2D eigenvalue weighted by Crippen LogP contribution is 2.17. The lowest BCUT2D eigenvalue weighted by atomic mass is 10.2. The Hall–Kier alpha value is -1.35. The minimum absolute atomic E-state index is 1.05. The zero-order valence-electron chi connectivity index (χ0n) is 8.27. The van der Waals surface area contributed by atoms with Crippen LogP contribution in [0, 0.1) is 0 Å². The molecule has 1 aromatic rings. The van der Waals surface area contributed by atoms with Crippen LogP contribution in [-0.4, -0.2) is 11.6 Å². The van der Waals surface area contributed by atoms with Crippen LogP contribution >= 0.6 is 11.3 Å². The van der Waals surface area contributed by atoms with Crippen molar-refractivity contribution in [1.29, 1.82) is 0 Å². The van der Waals surface area contributed by atoms with Crippen molar-refractivity contribution in [3.63, 3.8) is 0 Å². The highest BCUT2D eigenvalue weighted by atomic mass is 32.1. The van der Waals surface area contributed by atoms with Gasteiger partial charge in [-0.15, -0.1) is 0 Å². The summed E-state index contributed by atoms with van der Waals surface area (Å²) in [4.78, 5) is 6.54. The number of hydrogen-bond donors (Lipinski definition) is 0. The lowest BCUT2D eigenvalue weighted by molar-refractivity contribution is 0.855. The maximum atomic E-state index is 4.23. The van der Waals surface area contributed by atoms with Crippen LogP contribution in [0.1, 0.15) is 10.6 Å². The van der Waals surface area contributed by atoms with Gasteiger partial charge in [-0.1, -0.05) is 35.6 Å². The molecule has 1 heterocycles. The van der Waals surface area contributed by atoms with Crippen molar-refractivity contribution in [1.82, 2.24) is 4.57 Å². The first kappa shape index (κ1) is 9.21. The van der Waals surface area contributed by atoms with Gasteiger partial charge in [-0.25, -0.2) is 0 Å². The largest absolute Gasteiger partial charge is 0.320 e. The Kier molecular flexibility index (Phi) is 2.50. The summed E-state index contributed by atoms with van der Waals surface area (Å²) in [6.45, 7) is 0. The van der Waals surface area contributed by atoms with Gasteiger partial charge in [-0.3, -0.25) is 4.99 Å². The van der Waals surface area contributed by atoms with Crippen molar-refractivity contribution < 1.29 is 0 Å². The predicted octanol–water partition coefficient (Wildman–Crippen LogP) is 2.21. The first-order chi connectivity index (χ1) is 6.83. The van der Waals surface area contributed by atoms with E-state index in [0.29, 0.717) is 0 Å². The molecule has 0 amide bonds. The average molecular weight is 204 g/mol. The van der Waals surface area contributed by atoms with Crippen LogP contribution in [-0.2, 0) is 7.05 Å². The molecule has 0 fully saturated rings. The second-order valence-electron chi connectivity index (χ2n) is 3.02. The number of allylic oxidation sites excluding steroid dienone is 4. The van der Waals surface area contributed by atoms with E-state index in [4.69, 9.17) is 0 Å². The third-order valence-corrected chi connectivity index (χ3v) is 3.33. The summed E-state index contributed by atoms with van der Waals surface area (Å²) < 4.78 is 2.11. The Bertz CT molecular complexity index is 484. The molecule has 0 N–H and O–H groups in total. The van der Waals surface area contributed by atoms with Crippen molar-refractivity contribution in [3.05, 3.63) is 39.7 Å². The molecule has 0 bridgehead atoms. The third-order valence-electron chi connectivity index (χ3n) is 2.13. The quantitative estimate of drug-likeness (QED) is 0.616. The second kappa shape index (κ2) is 3.80. The van der Waals surface area contributed by atoms with Crippen LogP contribution < -0.4 is 4.80 Å². The number of rotatable bonds is 0. The van der Waals surface area contributed by atoms with Gasteiger partial charge in [-0.2, -0.15) is 0 Å². The highest BCUT2D eigenvalue weighted by Gasteiger charge is 2.05. The summed E-state index contributed by atoms with van der Waals surface area (Å²) in [5.74, 6) is 0. The van der Waals surface area contributed by atoms with Crippen LogP contribution in [0.2, 0.25) is 0 Å². The molecule has 1 aromatic heterocycles. The molecule has 3 heteroatoms. The average Bonchev–Trinajstić information content (AvgIpc) is 2.42. The summed E-state index contributed by atoms with van der Waals surface area (Å²) >= 11 is 1.71. The van der Waals surface area contributed by atoms with Crippen molar-refractivity contribution in [2.75, 3.05) is 7.05 Å². The zero-order chi connectivity index (χ0) is 9.97. The molecule has 0 spiro atoms. The lowest BCUT2D eigenvalue weighted by Gasteiger charge is -1.98. The summed E-state index contributed by atoms with van der Waals surface area (Å²) in [5.41, 5.74) is 1.22. The van der Waals surface area contributed by atoms with Crippen LogP contribution in [0.15, 0.2) is 29.3 Å². The molecule has 1 aliphatic carbocycles. The molecule has 2 rings (SSSR count). The van der Waals surface area contributed by atoms with Gasteiger partial charge in [0.25, 0.3) is 0 Å². The van der Waals surface area contributed by atoms with Gasteiger partial charge in [0.2, 0.25) is 0 Å². The van der Waals surface area contributed by atoms with Gasteiger partial charge < -0.3 is 4.57 Å². The summed E-state index contributed by atoms with van der Waals surface area (Å²) in [7, 11) is 3.87. The van der Waals surface area contributed by atoms with Gasteiger partial charge in [0.15, 0.2) is 4.80 Å². The van der Waals surface area contributed by atoms with E-state index >= 15 is 0 Å². The molecule has 2 nitrogen and oxygen atoms in total. The first-order valence-corrected chi connectivity index (χ1v) is 5.28. The number of fused-ring (bicyclic) bond motifs is 1. The predicted molar refractivity (Wildman–Crippen MR) is 62.0 cm³/mol. The molecule has 0 unspecified atom stereocenters. The van der Waals surface area contributed by atoms with Crippen molar-refractivity contribution >= 4 is 23.5 Å². The first-order valence-electron chi connectivity index (χ1n) is 4.47. The molecular weight excluding hydrogens is 192 g/mol. The van der Waals surface area contributed by atoms with E-state index in [9.17, 15) is 0 Å². The van der Waals surface area contributed by atoms with E-state index in [1.54, 1.807) is 11.3 Å². The Balaban J connectivity index is 2.69. The van der Waals surface area contributed by atoms with Crippen LogP contribution in [0.25, 0.3) is 12.2 Å². The second-order valence-corrected chi connectivity index (χ2v) is 4.03. The smallest absolute Gasteiger partial charge is 0.185 e. The zero-order valence-corrected chi connectivity index (χ0v) is 9.08. The maximum absolute atomic E-state index is 4.23. The number of aromatic nitrogens is 1. The molecule has 0 radical (unpaired) electrons. The van der Waals surface area contributed by atoms with E-state index in [0.717, 1.165) is 4.80 Å². The minimum atomic E-state index is 1.05. The van der Waals surface area contributed by atoms with Crippen LogP contribution in [0.5, 0.6) is 0 Å². The van der Waals surface area contributed by atoms with E-state index < -0.39 is 0 Å². The highest BCUT2D eigenvalue weighted by molar-refractivity contribution is 7.10. The van der Waals surface area contributed by atoms with Crippen LogP contribution in [0.3, 0.4) is 0 Å². The topological polar surface area (TPSA) is 17.3 Å². The number of thiazole rings is 1. The van der Waals surface area contributed by atoms with Gasteiger partial charge in [0.1, 0.15) is 0 Å². The van der Waals surface area contributed by atoms with Crippen molar-refractivity contribution in [3.8, 4) is 0 Å². The van der Waals surface area contributed by atoms with Gasteiger partial charge in [-0.05, 0) is 12.2 Å². The Labute approximate surface area is 87.2 Å². The summed E-state index contributed by atoms with van der Waals surface area (Å²) in [5, 5.41) is 0. The molecule has 0 atom stereocenters.